The van der Waals surface area contributed by atoms with Gasteiger partial charge in [0.05, 0.1) is 0 Å². The van der Waals surface area contributed by atoms with Crippen molar-refractivity contribution in [3.63, 3.8) is 0 Å². The molecular formula is C6H14Cl2Ge. The Kier molecular flexibility index (Phi) is 8.13. The zero-order valence-electron chi connectivity index (χ0n) is 5.87. The predicted molar refractivity (Wildman–Crippen MR) is 47.8 cm³/mol. The van der Waals surface area contributed by atoms with Gasteiger partial charge >= 0.3 is 70.4 Å². The van der Waals surface area contributed by atoms with Gasteiger partial charge in [-0.15, -0.1) is 0 Å². The molecule has 0 saturated heterocycles. The van der Waals surface area contributed by atoms with Gasteiger partial charge in [-0.05, 0) is 0 Å². The number of halogens is 2. The Morgan fingerprint density at radius 2 is 1.78 bits per heavy atom. The molecule has 0 amide bonds. The summed E-state index contributed by atoms with van der Waals surface area (Å²) in [6.45, 7) is 2.21. The number of hydrogen-bond donors (Lipinski definition) is 0. The van der Waals surface area contributed by atoms with Crippen molar-refractivity contribution < 1.29 is 0 Å². The summed E-state index contributed by atoms with van der Waals surface area (Å²) in [7, 11) is 11.4. The molecule has 0 aromatic rings. The van der Waals surface area contributed by atoms with Gasteiger partial charge in [-0.25, -0.2) is 0 Å². The van der Waals surface area contributed by atoms with Crippen molar-refractivity contribution in [2.24, 2.45) is 0 Å². The Labute approximate surface area is 70.4 Å². The van der Waals surface area contributed by atoms with Crippen molar-refractivity contribution in [1.82, 2.24) is 0 Å². The Morgan fingerprint density at radius 1 is 1.11 bits per heavy atom. The van der Waals surface area contributed by atoms with Gasteiger partial charge in [0.15, 0.2) is 0 Å². The maximum absolute atomic E-state index is 5.71. The summed E-state index contributed by atoms with van der Waals surface area (Å²) in [6.07, 6.45) is 5.20. The average Bonchev–Trinajstić information content (AvgIpc) is 1.80. The maximum atomic E-state index is 5.71. The molecule has 9 heavy (non-hydrogen) atoms. The van der Waals surface area contributed by atoms with Gasteiger partial charge in [-0.3, -0.25) is 0 Å². The van der Waals surface area contributed by atoms with Crippen LogP contribution in [-0.4, -0.2) is 12.5 Å². The molecule has 0 unspecified atom stereocenters. The standard InChI is InChI=1S/C6H14Cl2Ge/c1-2-3-4-5-6-9(7)8/h9H,2-6H2,1H3. The van der Waals surface area contributed by atoms with Crippen LogP contribution in [0.3, 0.4) is 0 Å². The third-order valence-electron chi connectivity index (χ3n) is 1.28. The van der Waals surface area contributed by atoms with E-state index >= 15 is 0 Å². The molecule has 0 N–H and O–H groups in total. The first-order valence-corrected chi connectivity index (χ1v) is 11.6. The van der Waals surface area contributed by atoms with Gasteiger partial charge in [0.1, 0.15) is 0 Å². The number of rotatable bonds is 5. The fourth-order valence-corrected chi connectivity index (χ4v) is 3.58. The molecule has 56 valence electrons. The van der Waals surface area contributed by atoms with Gasteiger partial charge in [0.25, 0.3) is 0 Å². The first-order chi connectivity index (χ1) is 4.27. The summed E-state index contributed by atoms with van der Waals surface area (Å²) in [5, 5.41) is 1.14. The second kappa shape index (κ2) is 7.23. The Balaban J connectivity index is 2.75. The van der Waals surface area contributed by atoms with Gasteiger partial charge in [-0.2, -0.15) is 0 Å². The monoisotopic (exact) mass is 230 g/mol. The van der Waals surface area contributed by atoms with E-state index in [1.807, 2.05) is 0 Å². The zero-order valence-corrected chi connectivity index (χ0v) is 9.80. The summed E-state index contributed by atoms with van der Waals surface area (Å²) in [6, 6.07) is 0. The molecule has 0 saturated carbocycles. The normalized spacial score (nSPS) is 10.7. The third-order valence-corrected chi connectivity index (χ3v) is 5.32. The minimum atomic E-state index is -1.66. The van der Waals surface area contributed by atoms with Gasteiger partial charge in [-0.1, -0.05) is 0 Å². The third kappa shape index (κ3) is 9.12. The molecule has 0 aliphatic carbocycles. The first kappa shape index (κ1) is 10.1. The van der Waals surface area contributed by atoms with Crippen molar-refractivity contribution >= 4 is 32.5 Å². The summed E-state index contributed by atoms with van der Waals surface area (Å²) in [5.74, 6) is 0. The molecule has 0 atom stereocenters. The van der Waals surface area contributed by atoms with Gasteiger partial charge in [0, 0.05) is 0 Å². The van der Waals surface area contributed by atoms with E-state index in [0.29, 0.717) is 0 Å². The van der Waals surface area contributed by atoms with Crippen LogP contribution in [0, 0.1) is 0 Å². The van der Waals surface area contributed by atoms with Crippen LogP contribution in [-0.2, 0) is 0 Å². The van der Waals surface area contributed by atoms with E-state index < -0.39 is 12.5 Å². The zero-order chi connectivity index (χ0) is 7.11. The predicted octanol–water partition coefficient (Wildman–Crippen LogP) is 3.26. The van der Waals surface area contributed by atoms with E-state index in [1.165, 1.54) is 25.7 Å². The van der Waals surface area contributed by atoms with Crippen LogP contribution >= 0.6 is 20.0 Å². The molecule has 0 aromatic heterocycles. The second-order valence-electron chi connectivity index (χ2n) is 2.24. The molecule has 0 heterocycles. The van der Waals surface area contributed by atoms with Crippen LogP contribution < -0.4 is 0 Å². The van der Waals surface area contributed by atoms with E-state index in [2.05, 4.69) is 6.92 Å². The quantitative estimate of drug-likeness (QED) is 0.502. The molecule has 0 rings (SSSR count). The van der Waals surface area contributed by atoms with E-state index in [1.54, 1.807) is 0 Å². The van der Waals surface area contributed by atoms with Crippen LogP contribution in [0.5, 0.6) is 0 Å². The van der Waals surface area contributed by atoms with Crippen molar-refractivity contribution in [2.75, 3.05) is 0 Å². The number of hydrogen-bond acceptors (Lipinski definition) is 0. The first-order valence-electron chi connectivity index (χ1n) is 3.55. The Hall–Kier alpha value is 1.12. The molecule has 0 aliphatic heterocycles. The Morgan fingerprint density at radius 3 is 2.22 bits per heavy atom. The summed E-state index contributed by atoms with van der Waals surface area (Å²) in [4.78, 5) is 0. The van der Waals surface area contributed by atoms with Crippen molar-refractivity contribution in [3.8, 4) is 0 Å². The average molecular weight is 230 g/mol. The molecular weight excluding hydrogens is 216 g/mol. The van der Waals surface area contributed by atoms with E-state index in [9.17, 15) is 0 Å². The molecule has 0 bridgehead atoms. The van der Waals surface area contributed by atoms with Gasteiger partial charge in [0.2, 0.25) is 0 Å². The Bertz CT molecular complexity index is 57.0. The molecule has 0 nitrogen and oxygen atoms in total. The number of unbranched alkanes of at least 4 members (excludes halogenated alkanes) is 3. The van der Waals surface area contributed by atoms with Crippen molar-refractivity contribution in [3.05, 3.63) is 0 Å². The van der Waals surface area contributed by atoms with E-state index in [0.717, 1.165) is 5.25 Å². The van der Waals surface area contributed by atoms with Crippen LogP contribution in [0.2, 0.25) is 5.25 Å². The molecule has 0 spiro atoms. The molecule has 3 heteroatoms. The molecule has 0 radical (unpaired) electrons. The van der Waals surface area contributed by atoms with Gasteiger partial charge < -0.3 is 0 Å². The van der Waals surface area contributed by atoms with Crippen molar-refractivity contribution in [1.29, 1.82) is 0 Å². The van der Waals surface area contributed by atoms with Crippen molar-refractivity contribution in [2.45, 2.75) is 37.9 Å². The van der Waals surface area contributed by atoms with Crippen LogP contribution in [0.15, 0.2) is 0 Å². The summed E-state index contributed by atoms with van der Waals surface area (Å²) < 4.78 is 0. The molecule has 0 aromatic carbocycles. The SMILES string of the molecule is CCCCC[CH2][GeH]([Cl])[Cl]. The van der Waals surface area contributed by atoms with Crippen LogP contribution in [0.4, 0.5) is 0 Å². The van der Waals surface area contributed by atoms with E-state index in [-0.39, 0.29) is 0 Å². The summed E-state index contributed by atoms with van der Waals surface area (Å²) in [5.41, 5.74) is 0. The minimum absolute atomic E-state index is 1.14. The molecule has 0 fully saturated rings. The molecule has 0 aliphatic rings. The van der Waals surface area contributed by atoms with E-state index in [4.69, 9.17) is 20.0 Å². The topological polar surface area (TPSA) is 0 Å². The van der Waals surface area contributed by atoms with Crippen LogP contribution in [0.25, 0.3) is 0 Å². The summed E-state index contributed by atoms with van der Waals surface area (Å²) >= 11 is -1.66. The second-order valence-corrected chi connectivity index (χ2v) is 11.7. The fourth-order valence-electron chi connectivity index (χ4n) is 0.725. The fraction of sp³-hybridized carbons (Fsp3) is 1.00. The van der Waals surface area contributed by atoms with Crippen LogP contribution in [0.1, 0.15) is 32.6 Å².